The molecular formula is C15H18N2O3S. The molecule has 0 fully saturated rings. The molecule has 0 saturated carbocycles. The Morgan fingerprint density at radius 3 is 3.00 bits per heavy atom. The zero-order valence-electron chi connectivity index (χ0n) is 11.9. The van der Waals surface area contributed by atoms with Crippen molar-refractivity contribution < 1.29 is 14.6 Å². The summed E-state index contributed by atoms with van der Waals surface area (Å²) in [5.74, 6) is 1.58. The Morgan fingerprint density at radius 2 is 2.14 bits per heavy atom. The van der Waals surface area contributed by atoms with Crippen LogP contribution in [0.5, 0.6) is 11.5 Å². The maximum atomic E-state index is 8.74. The number of ether oxygens (including phenoxy) is 2. The van der Waals surface area contributed by atoms with E-state index in [-0.39, 0.29) is 13.4 Å². The Hall–Kier alpha value is -1.63. The lowest BCUT2D eigenvalue weighted by molar-refractivity contribution is 0.174. The fraction of sp³-hybridized carbons (Fsp3) is 0.400. The third kappa shape index (κ3) is 3.18. The van der Waals surface area contributed by atoms with Crippen molar-refractivity contribution >= 4 is 11.3 Å². The number of thiazole rings is 1. The molecule has 112 valence electrons. The van der Waals surface area contributed by atoms with Crippen LogP contribution in [0.3, 0.4) is 0 Å². The second-order valence-electron chi connectivity index (χ2n) is 4.80. The van der Waals surface area contributed by atoms with E-state index >= 15 is 0 Å². The van der Waals surface area contributed by atoms with Gasteiger partial charge in [0, 0.05) is 30.0 Å². The van der Waals surface area contributed by atoms with Crippen molar-refractivity contribution in [1.29, 1.82) is 0 Å². The summed E-state index contributed by atoms with van der Waals surface area (Å²) >= 11 is 1.71. The Labute approximate surface area is 127 Å². The standard InChI is InChI=1S/C15H18N2O3S/c1-10-15(17-14(21-10)4-5-16-6-7-18)11-2-3-12-13(8-11)20-9-19-12/h2-3,8,16,18H,4-7,9H2,1H3. The van der Waals surface area contributed by atoms with Crippen LogP contribution < -0.4 is 14.8 Å². The Kier molecular flexibility index (Phi) is 4.38. The molecule has 2 heterocycles. The van der Waals surface area contributed by atoms with E-state index in [9.17, 15) is 0 Å². The zero-order chi connectivity index (χ0) is 14.7. The predicted molar refractivity (Wildman–Crippen MR) is 82.1 cm³/mol. The summed E-state index contributed by atoms with van der Waals surface area (Å²) in [6.07, 6.45) is 0.871. The number of nitrogens with zero attached hydrogens (tertiary/aromatic N) is 1. The van der Waals surface area contributed by atoms with Gasteiger partial charge in [0.05, 0.1) is 17.3 Å². The van der Waals surface area contributed by atoms with Gasteiger partial charge in [0.15, 0.2) is 11.5 Å². The minimum Gasteiger partial charge on any atom is -0.454 e. The summed E-state index contributed by atoms with van der Waals surface area (Å²) in [4.78, 5) is 5.92. The van der Waals surface area contributed by atoms with E-state index in [1.807, 2.05) is 18.2 Å². The van der Waals surface area contributed by atoms with E-state index in [4.69, 9.17) is 19.6 Å². The first-order valence-electron chi connectivity index (χ1n) is 6.96. The lowest BCUT2D eigenvalue weighted by atomic mass is 10.1. The number of aliphatic hydroxyl groups is 1. The molecule has 0 saturated heterocycles. The molecule has 2 N–H and O–H groups in total. The molecule has 3 rings (SSSR count). The number of hydrogen-bond acceptors (Lipinski definition) is 6. The van der Waals surface area contributed by atoms with Gasteiger partial charge >= 0.3 is 0 Å². The largest absolute Gasteiger partial charge is 0.454 e. The van der Waals surface area contributed by atoms with Crippen LogP contribution in [0, 0.1) is 6.92 Å². The van der Waals surface area contributed by atoms with E-state index in [0.29, 0.717) is 6.54 Å². The number of aliphatic hydroxyl groups excluding tert-OH is 1. The molecule has 5 nitrogen and oxygen atoms in total. The van der Waals surface area contributed by atoms with Gasteiger partial charge in [-0.2, -0.15) is 0 Å². The molecule has 0 aliphatic carbocycles. The SMILES string of the molecule is Cc1sc(CCNCCO)nc1-c1ccc2c(c1)OCO2. The molecule has 1 aliphatic heterocycles. The predicted octanol–water partition coefficient (Wildman–Crippen LogP) is 1.97. The zero-order valence-corrected chi connectivity index (χ0v) is 12.7. The summed E-state index contributed by atoms with van der Waals surface area (Å²) in [6, 6.07) is 5.93. The second kappa shape index (κ2) is 6.43. The Balaban J connectivity index is 1.74. The molecule has 0 bridgehead atoms. The van der Waals surface area contributed by atoms with Gasteiger partial charge in [-0.15, -0.1) is 11.3 Å². The quantitative estimate of drug-likeness (QED) is 0.799. The lowest BCUT2D eigenvalue weighted by Gasteiger charge is -2.01. The van der Waals surface area contributed by atoms with Crippen molar-refractivity contribution in [1.82, 2.24) is 10.3 Å². The first-order chi connectivity index (χ1) is 10.3. The highest BCUT2D eigenvalue weighted by atomic mass is 32.1. The van der Waals surface area contributed by atoms with Crippen LogP contribution in [0.4, 0.5) is 0 Å². The summed E-state index contributed by atoms with van der Waals surface area (Å²) in [7, 11) is 0. The molecule has 0 spiro atoms. The van der Waals surface area contributed by atoms with Crippen LogP contribution in [0.2, 0.25) is 0 Å². The first-order valence-corrected chi connectivity index (χ1v) is 7.77. The maximum Gasteiger partial charge on any atom is 0.231 e. The fourth-order valence-corrected chi connectivity index (χ4v) is 3.22. The number of aryl methyl sites for hydroxylation is 1. The number of benzene rings is 1. The van der Waals surface area contributed by atoms with Crippen LogP contribution in [-0.2, 0) is 6.42 Å². The minimum atomic E-state index is 0.166. The first kappa shape index (κ1) is 14.3. The molecular weight excluding hydrogens is 288 g/mol. The monoisotopic (exact) mass is 306 g/mol. The van der Waals surface area contributed by atoms with Crippen LogP contribution in [0.1, 0.15) is 9.88 Å². The Morgan fingerprint density at radius 1 is 1.29 bits per heavy atom. The number of aromatic nitrogens is 1. The molecule has 2 aromatic rings. The third-order valence-corrected chi connectivity index (χ3v) is 4.32. The van der Waals surface area contributed by atoms with Crippen molar-refractivity contribution in [3.05, 3.63) is 28.1 Å². The van der Waals surface area contributed by atoms with Crippen LogP contribution in [0.15, 0.2) is 18.2 Å². The molecule has 1 aromatic carbocycles. The van der Waals surface area contributed by atoms with Gasteiger partial charge in [-0.25, -0.2) is 4.98 Å². The highest BCUT2D eigenvalue weighted by molar-refractivity contribution is 7.12. The van der Waals surface area contributed by atoms with E-state index in [2.05, 4.69) is 12.2 Å². The van der Waals surface area contributed by atoms with Gasteiger partial charge in [-0.05, 0) is 25.1 Å². The van der Waals surface area contributed by atoms with Gasteiger partial charge < -0.3 is 19.9 Å². The number of fused-ring (bicyclic) bond motifs is 1. The van der Waals surface area contributed by atoms with Gasteiger partial charge in [-0.1, -0.05) is 0 Å². The van der Waals surface area contributed by atoms with E-state index in [1.54, 1.807) is 11.3 Å². The molecule has 0 amide bonds. The molecule has 1 aliphatic rings. The van der Waals surface area contributed by atoms with Gasteiger partial charge in [0.1, 0.15) is 0 Å². The molecule has 0 radical (unpaired) electrons. The molecule has 0 unspecified atom stereocenters. The molecule has 0 atom stereocenters. The van der Waals surface area contributed by atoms with Crippen LogP contribution in [0.25, 0.3) is 11.3 Å². The van der Waals surface area contributed by atoms with Crippen LogP contribution >= 0.6 is 11.3 Å². The summed E-state index contributed by atoms with van der Waals surface area (Å²) < 4.78 is 10.8. The summed E-state index contributed by atoms with van der Waals surface area (Å²) in [5.41, 5.74) is 2.07. The topological polar surface area (TPSA) is 63.6 Å². The number of hydrogen-bond donors (Lipinski definition) is 2. The highest BCUT2D eigenvalue weighted by Gasteiger charge is 2.16. The summed E-state index contributed by atoms with van der Waals surface area (Å²) in [5, 5.41) is 13.0. The molecule has 21 heavy (non-hydrogen) atoms. The second-order valence-corrected chi connectivity index (χ2v) is 6.09. The van der Waals surface area contributed by atoms with Crippen molar-refractivity contribution in [3.8, 4) is 22.8 Å². The average Bonchev–Trinajstić information content (AvgIpc) is 3.09. The molecule has 6 heteroatoms. The normalized spacial score (nSPS) is 12.9. The number of rotatable bonds is 6. The van der Waals surface area contributed by atoms with E-state index < -0.39 is 0 Å². The van der Waals surface area contributed by atoms with Gasteiger partial charge in [0.25, 0.3) is 0 Å². The lowest BCUT2D eigenvalue weighted by Crippen LogP contribution is -2.20. The minimum absolute atomic E-state index is 0.166. The number of nitrogens with one attached hydrogen (secondary N) is 1. The van der Waals surface area contributed by atoms with Gasteiger partial charge in [0.2, 0.25) is 6.79 Å². The van der Waals surface area contributed by atoms with Crippen molar-refractivity contribution in [2.45, 2.75) is 13.3 Å². The van der Waals surface area contributed by atoms with Crippen molar-refractivity contribution in [2.75, 3.05) is 26.5 Å². The average molecular weight is 306 g/mol. The molecule has 1 aromatic heterocycles. The Bertz CT molecular complexity index is 627. The van der Waals surface area contributed by atoms with Crippen LogP contribution in [-0.4, -0.2) is 36.6 Å². The maximum absolute atomic E-state index is 8.74. The van der Waals surface area contributed by atoms with Crippen molar-refractivity contribution in [2.24, 2.45) is 0 Å². The summed E-state index contributed by atoms with van der Waals surface area (Å²) in [6.45, 7) is 3.99. The van der Waals surface area contributed by atoms with E-state index in [1.165, 1.54) is 4.88 Å². The third-order valence-electron chi connectivity index (χ3n) is 3.29. The van der Waals surface area contributed by atoms with Crippen molar-refractivity contribution in [3.63, 3.8) is 0 Å². The highest BCUT2D eigenvalue weighted by Crippen LogP contribution is 2.37. The van der Waals surface area contributed by atoms with Gasteiger partial charge in [-0.3, -0.25) is 0 Å². The fourth-order valence-electron chi connectivity index (χ4n) is 2.27. The smallest absolute Gasteiger partial charge is 0.231 e. The van der Waals surface area contributed by atoms with E-state index in [0.717, 1.165) is 40.7 Å².